The van der Waals surface area contributed by atoms with E-state index in [1.54, 1.807) is 0 Å². The van der Waals surface area contributed by atoms with Gasteiger partial charge >= 0.3 is 0 Å². The molecular formula is C14H31N3. The second-order valence-electron chi connectivity index (χ2n) is 5.52. The lowest BCUT2D eigenvalue weighted by Gasteiger charge is -2.40. The zero-order chi connectivity index (χ0) is 12.7. The van der Waals surface area contributed by atoms with Gasteiger partial charge < -0.3 is 10.2 Å². The number of rotatable bonds is 7. The summed E-state index contributed by atoms with van der Waals surface area (Å²) in [5.41, 5.74) is 0. The van der Waals surface area contributed by atoms with Gasteiger partial charge in [-0.3, -0.25) is 4.90 Å². The Morgan fingerprint density at radius 2 is 2.12 bits per heavy atom. The molecule has 102 valence electrons. The Labute approximate surface area is 108 Å². The van der Waals surface area contributed by atoms with E-state index in [-0.39, 0.29) is 0 Å². The van der Waals surface area contributed by atoms with Gasteiger partial charge in [0.2, 0.25) is 0 Å². The Morgan fingerprint density at radius 1 is 1.35 bits per heavy atom. The first-order chi connectivity index (χ1) is 8.19. The van der Waals surface area contributed by atoms with Crippen LogP contribution in [0.5, 0.6) is 0 Å². The molecule has 0 radical (unpaired) electrons. The number of hydrogen-bond acceptors (Lipinski definition) is 3. The van der Waals surface area contributed by atoms with E-state index in [2.05, 4.69) is 43.1 Å². The van der Waals surface area contributed by atoms with Crippen LogP contribution < -0.4 is 5.32 Å². The van der Waals surface area contributed by atoms with Crippen molar-refractivity contribution in [3.8, 4) is 0 Å². The Kier molecular flexibility index (Phi) is 7.09. The van der Waals surface area contributed by atoms with Gasteiger partial charge in [-0.25, -0.2) is 0 Å². The van der Waals surface area contributed by atoms with Gasteiger partial charge in [-0.1, -0.05) is 13.8 Å². The normalized spacial score (nSPS) is 24.2. The first kappa shape index (κ1) is 14.9. The van der Waals surface area contributed by atoms with E-state index in [9.17, 15) is 0 Å². The van der Waals surface area contributed by atoms with E-state index in [0.29, 0.717) is 0 Å². The number of likely N-dealkylation sites (N-methyl/N-ethyl adjacent to an activating group) is 1. The van der Waals surface area contributed by atoms with Crippen LogP contribution in [-0.4, -0.2) is 62.2 Å². The Balaban J connectivity index is 2.39. The molecule has 1 saturated heterocycles. The molecule has 1 fully saturated rings. The smallest absolute Gasteiger partial charge is 0.0218 e. The minimum atomic E-state index is 0.726. The largest absolute Gasteiger partial charge is 0.315 e. The van der Waals surface area contributed by atoms with E-state index in [4.69, 9.17) is 0 Å². The lowest BCUT2D eigenvalue weighted by Crippen LogP contribution is -2.51. The van der Waals surface area contributed by atoms with Gasteiger partial charge in [0.05, 0.1) is 0 Å². The zero-order valence-electron chi connectivity index (χ0n) is 12.2. The highest BCUT2D eigenvalue weighted by atomic mass is 15.2. The molecule has 1 N–H and O–H groups in total. The van der Waals surface area contributed by atoms with Crippen LogP contribution in [0.4, 0.5) is 0 Å². The zero-order valence-corrected chi connectivity index (χ0v) is 12.2. The first-order valence-electron chi connectivity index (χ1n) is 7.30. The van der Waals surface area contributed by atoms with Gasteiger partial charge in [-0.05, 0) is 52.9 Å². The van der Waals surface area contributed by atoms with Gasteiger partial charge in [0, 0.05) is 25.2 Å². The van der Waals surface area contributed by atoms with Crippen LogP contribution >= 0.6 is 0 Å². The molecule has 0 amide bonds. The SMILES string of the molecule is CCCNCC(CC)N1CCCC(N(C)C)C1. The van der Waals surface area contributed by atoms with Crippen molar-refractivity contribution in [3.05, 3.63) is 0 Å². The predicted octanol–water partition coefficient (Wildman–Crippen LogP) is 1.79. The number of nitrogens with zero attached hydrogens (tertiary/aromatic N) is 2. The fraction of sp³-hybridized carbons (Fsp3) is 1.00. The fourth-order valence-corrected chi connectivity index (χ4v) is 2.71. The van der Waals surface area contributed by atoms with Crippen molar-refractivity contribution in [2.45, 2.75) is 51.6 Å². The molecule has 3 nitrogen and oxygen atoms in total. The maximum Gasteiger partial charge on any atom is 0.0218 e. The predicted molar refractivity (Wildman–Crippen MR) is 75.5 cm³/mol. The summed E-state index contributed by atoms with van der Waals surface area (Å²) in [6.07, 6.45) is 5.21. The van der Waals surface area contributed by atoms with E-state index < -0.39 is 0 Å². The van der Waals surface area contributed by atoms with E-state index >= 15 is 0 Å². The second kappa shape index (κ2) is 8.06. The quantitative estimate of drug-likeness (QED) is 0.686. The highest BCUT2D eigenvalue weighted by Crippen LogP contribution is 2.17. The third kappa shape index (κ3) is 4.94. The van der Waals surface area contributed by atoms with Gasteiger partial charge in [-0.15, -0.1) is 0 Å². The van der Waals surface area contributed by atoms with Crippen LogP contribution in [0.1, 0.15) is 39.5 Å². The molecule has 2 atom stereocenters. The minimum Gasteiger partial charge on any atom is -0.315 e. The van der Waals surface area contributed by atoms with Crippen molar-refractivity contribution in [2.24, 2.45) is 0 Å². The molecule has 1 aliphatic heterocycles. The van der Waals surface area contributed by atoms with Gasteiger partial charge in [0.25, 0.3) is 0 Å². The van der Waals surface area contributed by atoms with Crippen molar-refractivity contribution in [3.63, 3.8) is 0 Å². The molecule has 0 spiro atoms. The van der Waals surface area contributed by atoms with E-state index in [0.717, 1.165) is 25.2 Å². The minimum absolute atomic E-state index is 0.726. The van der Waals surface area contributed by atoms with Gasteiger partial charge in [-0.2, -0.15) is 0 Å². The molecule has 17 heavy (non-hydrogen) atoms. The number of nitrogens with one attached hydrogen (secondary N) is 1. The third-order valence-corrected chi connectivity index (χ3v) is 3.95. The molecule has 3 heteroatoms. The first-order valence-corrected chi connectivity index (χ1v) is 7.30. The van der Waals surface area contributed by atoms with Crippen LogP contribution in [0.15, 0.2) is 0 Å². The van der Waals surface area contributed by atoms with Crippen molar-refractivity contribution >= 4 is 0 Å². The van der Waals surface area contributed by atoms with E-state index in [1.165, 1.54) is 38.8 Å². The van der Waals surface area contributed by atoms with Crippen molar-refractivity contribution in [1.82, 2.24) is 15.1 Å². The summed E-state index contributed by atoms with van der Waals surface area (Å²) >= 11 is 0. The molecule has 0 bridgehead atoms. The van der Waals surface area contributed by atoms with Crippen molar-refractivity contribution in [2.75, 3.05) is 40.3 Å². The van der Waals surface area contributed by atoms with Gasteiger partial charge in [0.1, 0.15) is 0 Å². The monoisotopic (exact) mass is 241 g/mol. The van der Waals surface area contributed by atoms with Crippen molar-refractivity contribution < 1.29 is 0 Å². The van der Waals surface area contributed by atoms with Crippen LogP contribution in [-0.2, 0) is 0 Å². The summed E-state index contributed by atoms with van der Waals surface area (Å²) in [5, 5.41) is 3.57. The molecule has 1 heterocycles. The maximum atomic E-state index is 3.57. The lowest BCUT2D eigenvalue weighted by atomic mass is 10.0. The average Bonchev–Trinajstić information content (AvgIpc) is 2.35. The molecule has 0 aliphatic carbocycles. The summed E-state index contributed by atoms with van der Waals surface area (Å²) in [4.78, 5) is 5.08. The standard InChI is InChI=1S/C14H31N3/c1-5-9-15-11-13(6-2)17-10-7-8-14(12-17)16(3)4/h13-15H,5-12H2,1-4H3. The number of hydrogen-bond donors (Lipinski definition) is 1. The Bertz CT molecular complexity index is 194. The lowest BCUT2D eigenvalue weighted by molar-refractivity contribution is 0.0932. The van der Waals surface area contributed by atoms with Gasteiger partial charge in [0.15, 0.2) is 0 Å². The summed E-state index contributed by atoms with van der Waals surface area (Å²) in [5.74, 6) is 0. The summed E-state index contributed by atoms with van der Waals surface area (Å²) in [6.45, 7) is 9.40. The molecule has 0 aromatic heterocycles. The van der Waals surface area contributed by atoms with Crippen LogP contribution in [0.25, 0.3) is 0 Å². The van der Waals surface area contributed by atoms with Crippen LogP contribution in [0, 0.1) is 0 Å². The third-order valence-electron chi connectivity index (χ3n) is 3.95. The summed E-state index contributed by atoms with van der Waals surface area (Å²) in [7, 11) is 4.43. The molecule has 0 saturated carbocycles. The summed E-state index contributed by atoms with van der Waals surface area (Å²) < 4.78 is 0. The second-order valence-corrected chi connectivity index (χ2v) is 5.52. The molecule has 0 aromatic carbocycles. The number of piperidine rings is 1. The maximum absolute atomic E-state index is 3.57. The van der Waals surface area contributed by atoms with Crippen LogP contribution in [0.2, 0.25) is 0 Å². The summed E-state index contributed by atoms with van der Waals surface area (Å²) in [6, 6.07) is 1.48. The topological polar surface area (TPSA) is 18.5 Å². The van der Waals surface area contributed by atoms with Crippen LogP contribution in [0.3, 0.4) is 0 Å². The molecule has 1 rings (SSSR count). The Morgan fingerprint density at radius 3 is 2.71 bits per heavy atom. The number of likely N-dealkylation sites (tertiary alicyclic amines) is 1. The van der Waals surface area contributed by atoms with Crippen molar-refractivity contribution in [1.29, 1.82) is 0 Å². The Hall–Kier alpha value is -0.120. The molecule has 1 aliphatic rings. The molecule has 0 aromatic rings. The highest BCUT2D eigenvalue weighted by molar-refractivity contribution is 4.83. The van der Waals surface area contributed by atoms with E-state index in [1.807, 2.05) is 0 Å². The highest BCUT2D eigenvalue weighted by Gasteiger charge is 2.25. The molecule has 2 unspecified atom stereocenters. The fourth-order valence-electron chi connectivity index (χ4n) is 2.71. The average molecular weight is 241 g/mol. The molecular weight excluding hydrogens is 210 g/mol.